The molecule has 0 atom stereocenters. The van der Waals surface area contributed by atoms with E-state index in [4.69, 9.17) is 21.1 Å². The van der Waals surface area contributed by atoms with Gasteiger partial charge in [0.05, 0.1) is 18.2 Å². The Kier molecular flexibility index (Phi) is 6.61. The summed E-state index contributed by atoms with van der Waals surface area (Å²) in [6, 6.07) is 3.27. The number of rotatable bonds is 5. The molecule has 7 heteroatoms. The molecule has 0 unspecified atom stereocenters. The van der Waals surface area contributed by atoms with Crippen LogP contribution in [0, 0.1) is 0 Å². The summed E-state index contributed by atoms with van der Waals surface area (Å²) in [4.78, 5) is 26.3. The molecule has 0 spiro atoms. The monoisotopic (exact) mass is 380 g/mol. The molecule has 2 aliphatic rings. The van der Waals surface area contributed by atoms with Gasteiger partial charge >= 0.3 is 0 Å². The molecule has 0 saturated carbocycles. The number of hydrogen-bond acceptors (Lipinski definition) is 4. The number of benzene rings is 1. The zero-order valence-corrected chi connectivity index (χ0v) is 15.6. The Labute approximate surface area is 158 Å². The summed E-state index contributed by atoms with van der Waals surface area (Å²) in [7, 11) is 0. The van der Waals surface area contributed by atoms with Crippen LogP contribution >= 0.6 is 11.6 Å². The quantitative estimate of drug-likeness (QED) is 0.797. The zero-order chi connectivity index (χ0) is 18.4. The first-order valence-electron chi connectivity index (χ1n) is 9.30. The number of carbonyl (C=O) groups is 2. The summed E-state index contributed by atoms with van der Waals surface area (Å²) >= 11 is 6.23. The molecule has 0 aliphatic carbocycles. The molecule has 0 aromatic heterocycles. The molecule has 1 aromatic carbocycles. The summed E-state index contributed by atoms with van der Waals surface area (Å²) in [5.74, 6) is 1.03. The molecule has 2 aliphatic heterocycles. The van der Waals surface area contributed by atoms with Crippen molar-refractivity contribution in [3.05, 3.63) is 22.7 Å². The lowest BCUT2D eigenvalue weighted by Crippen LogP contribution is -2.34. The molecule has 6 nitrogen and oxygen atoms in total. The van der Waals surface area contributed by atoms with E-state index in [0.29, 0.717) is 54.8 Å². The highest BCUT2D eigenvalue weighted by atomic mass is 35.5. The smallest absolute Gasteiger partial charge is 0.251 e. The van der Waals surface area contributed by atoms with Crippen LogP contribution in [0.3, 0.4) is 0 Å². The van der Waals surface area contributed by atoms with E-state index in [9.17, 15) is 9.59 Å². The van der Waals surface area contributed by atoms with Gasteiger partial charge in [-0.2, -0.15) is 0 Å². The predicted octanol–water partition coefficient (Wildman–Crippen LogP) is 3.02. The van der Waals surface area contributed by atoms with Gasteiger partial charge in [-0.15, -0.1) is 0 Å². The highest BCUT2D eigenvalue weighted by Gasteiger charge is 2.19. The second-order valence-corrected chi connectivity index (χ2v) is 7.04. The van der Waals surface area contributed by atoms with Gasteiger partial charge in [-0.3, -0.25) is 9.59 Å². The Morgan fingerprint density at radius 1 is 1.15 bits per heavy atom. The first-order chi connectivity index (χ1) is 12.6. The molecule has 2 amide bonds. The number of likely N-dealkylation sites (tertiary alicyclic amines) is 1. The Bertz CT molecular complexity index is 665. The third kappa shape index (κ3) is 4.81. The summed E-state index contributed by atoms with van der Waals surface area (Å²) < 4.78 is 11.2. The first kappa shape index (κ1) is 18.8. The normalized spacial score (nSPS) is 17.4. The van der Waals surface area contributed by atoms with Crippen LogP contribution in [-0.2, 0) is 4.79 Å². The van der Waals surface area contributed by atoms with Crippen molar-refractivity contribution in [3.8, 4) is 11.5 Å². The maximum atomic E-state index is 12.4. The number of fused-ring (bicyclic) bond motifs is 1. The Morgan fingerprint density at radius 3 is 2.88 bits per heavy atom. The van der Waals surface area contributed by atoms with E-state index in [1.165, 1.54) is 0 Å². The fourth-order valence-corrected chi connectivity index (χ4v) is 3.48. The minimum absolute atomic E-state index is 0.204. The van der Waals surface area contributed by atoms with Crippen molar-refractivity contribution in [2.45, 2.75) is 38.5 Å². The van der Waals surface area contributed by atoms with E-state index in [1.807, 2.05) is 4.90 Å². The molecule has 2 heterocycles. The molecule has 1 fully saturated rings. The minimum Gasteiger partial charge on any atom is -0.489 e. The number of amides is 2. The third-order valence-electron chi connectivity index (χ3n) is 4.63. The molecule has 0 radical (unpaired) electrons. The average Bonchev–Trinajstić information content (AvgIpc) is 2.99. The minimum atomic E-state index is -0.204. The fourth-order valence-electron chi connectivity index (χ4n) is 3.21. The standard InChI is InChI=1S/C19H25ClN2O4/c20-15-12-14(13-16-18(15)26-11-5-10-25-16)19(24)21-7-4-9-22-8-3-1-2-6-17(22)23/h12-13H,1-11H2,(H,21,24). The summed E-state index contributed by atoms with van der Waals surface area (Å²) in [6.45, 7) is 3.10. The van der Waals surface area contributed by atoms with Gasteiger partial charge in [-0.05, 0) is 31.4 Å². The van der Waals surface area contributed by atoms with Crippen molar-refractivity contribution in [3.63, 3.8) is 0 Å². The number of halogens is 1. The first-order valence-corrected chi connectivity index (χ1v) is 9.68. The molecule has 0 bridgehead atoms. The van der Waals surface area contributed by atoms with E-state index in [-0.39, 0.29) is 11.8 Å². The van der Waals surface area contributed by atoms with Gasteiger partial charge in [0.1, 0.15) is 0 Å². The SMILES string of the molecule is O=C(NCCCN1CCCCCC1=O)c1cc(Cl)c2c(c1)OCCCO2. The number of hydrogen-bond donors (Lipinski definition) is 1. The number of carbonyl (C=O) groups excluding carboxylic acids is 2. The van der Waals surface area contributed by atoms with E-state index in [2.05, 4.69) is 5.32 Å². The second-order valence-electron chi connectivity index (χ2n) is 6.64. The van der Waals surface area contributed by atoms with Crippen molar-refractivity contribution in [2.75, 3.05) is 32.8 Å². The Morgan fingerprint density at radius 2 is 2.00 bits per heavy atom. The van der Waals surface area contributed by atoms with Crippen LogP contribution in [0.5, 0.6) is 11.5 Å². The van der Waals surface area contributed by atoms with Crippen LogP contribution in [0.25, 0.3) is 0 Å². The number of ether oxygens (including phenoxy) is 2. The lowest BCUT2D eigenvalue weighted by Gasteiger charge is -2.20. The molecule has 142 valence electrons. The molecule has 1 N–H and O–H groups in total. The lowest BCUT2D eigenvalue weighted by molar-refractivity contribution is -0.130. The molecule has 1 aromatic rings. The second kappa shape index (κ2) is 9.12. The molecule has 3 rings (SSSR count). The number of nitrogens with one attached hydrogen (secondary N) is 1. The van der Waals surface area contributed by atoms with Crippen LogP contribution in [0.15, 0.2) is 12.1 Å². The van der Waals surface area contributed by atoms with E-state index < -0.39 is 0 Å². The van der Waals surface area contributed by atoms with Crippen molar-refractivity contribution < 1.29 is 19.1 Å². The Balaban J connectivity index is 1.51. The van der Waals surface area contributed by atoms with Gasteiger partial charge in [-0.1, -0.05) is 18.0 Å². The topological polar surface area (TPSA) is 67.9 Å². The molecule has 26 heavy (non-hydrogen) atoms. The van der Waals surface area contributed by atoms with E-state index >= 15 is 0 Å². The maximum Gasteiger partial charge on any atom is 0.251 e. The summed E-state index contributed by atoms with van der Waals surface area (Å²) in [5, 5.41) is 3.27. The lowest BCUT2D eigenvalue weighted by atomic mass is 10.2. The van der Waals surface area contributed by atoms with Gasteiger partial charge in [-0.25, -0.2) is 0 Å². The van der Waals surface area contributed by atoms with Crippen LogP contribution in [0.4, 0.5) is 0 Å². The van der Waals surface area contributed by atoms with Crippen LogP contribution in [0.1, 0.15) is 48.9 Å². The zero-order valence-electron chi connectivity index (χ0n) is 14.9. The van der Waals surface area contributed by atoms with Crippen molar-refractivity contribution in [1.29, 1.82) is 0 Å². The molecular weight excluding hydrogens is 356 g/mol. The van der Waals surface area contributed by atoms with Crippen molar-refractivity contribution in [1.82, 2.24) is 10.2 Å². The predicted molar refractivity (Wildman–Crippen MR) is 99.1 cm³/mol. The van der Waals surface area contributed by atoms with Gasteiger partial charge in [0.15, 0.2) is 11.5 Å². The highest BCUT2D eigenvalue weighted by molar-refractivity contribution is 6.32. The van der Waals surface area contributed by atoms with E-state index in [1.54, 1.807) is 12.1 Å². The van der Waals surface area contributed by atoms with Crippen molar-refractivity contribution in [2.24, 2.45) is 0 Å². The van der Waals surface area contributed by atoms with Gasteiger partial charge < -0.3 is 19.7 Å². The van der Waals surface area contributed by atoms with Gasteiger partial charge in [0.2, 0.25) is 5.91 Å². The molecular formula is C19H25ClN2O4. The highest BCUT2D eigenvalue weighted by Crippen LogP contribution is 2.37. The summed E-state index contributed by atoms with van der Waals surface area (Å²) in [6.07, 6.45) is 5.31. The van der Waals surface area contributed by atoms with E-state index in [0.717, 1.165) is 38.6 Å². The molecule has 1 saturated heterocycles. The van der Waals surface area contributed by atoms with Crippen LogP contribution < -0.4 is 14.8 Å². The van der Waals surface area contributed by atoms with Crippen molar-refractivity contribution >= 4 is 23.4 Å². The van der Waals surface area contributed by atoms with Gasteiger partial charge in [0.25, 0.3) is 5.91 Å². The third-order valence-corrected chi connectivity index (χ3v) is 4.91. The number of nitrogens with zero attached hydrogens (tertiary/aromatic N) is 1. The van der Waals surface area contributed by atoms with Crippen LogP contribution in [-0.4, -0.2) is 49.6 Å². The largest absolute Gasteiger partial charge is 0.489 e. The summed E-state index contributed by atoms with van der Waals surface area (Å²) in [5.41, 5.74) is 0.449. The fraction of sp³-hybridized carbons (Fsp3) is 0.579. The van der Waals surface area contributed by atoms with Gasteiger partial charge in [0, 0.05) is 38.0 Å². The Hall–Kier alpha value is -1.95. The average molecular weight is 381 g/mol. The van der Waals surface area contributed by atoms with Crippen LogP contribution in [0.2, 0.25) is 5.02 Å². The maximum absolute atomic E-state index is 12.4.